The van der Waals surface area contributed by atoms with E-state index < -0.39 is 40.1 Å². The second kappa shape index (κ2) is 5.70. The highest BCUT2D eigenvalue weighted by molar-refractivity contribution is 8.18. The van der Waals surface area contributed by atoms with E-state index in [0.29, 0.717) is 0 Å². The van der Waals surface area contributed by atoms with Crippen LogP contribution >= 0.6 is 0 Å². The van der Waals surface area contributed by atoms with E-state index in [0.717, 1.165) is 6.55 Å². The lowest BCUT2D eigenvalue weighted by Crippen LogP contribution is -2.75. The zero-order valence-corrected chi connectivity index (χ0v) is 13.4. The molecule has 0 fully saturated rings. The standard InChI is InChI=1S/C10H22F3NO3SSi/c1-5-8(6-2)19(4,18(15,16)17)9(14,7-3)10(11,12)13/h8H,5-7,14H2,1-4H3,(H,15,16,17). The number of hydrogen-bond acceptors (Lipinski definition) is 3. The molecule has 0 aliphatic heterocycles. The highest BCUT2D eigenvalue weighted by Gasteiger charge is 2.71. The molecule has 0 amide bonds. The van der Waals surface area contributed by atoms with Gasteiger partial charge in [-0.25, -0.2) is 8.42 Å². The normalized spacial score (nSPS) is 20.1. The van der Waals surface area contributed by atoms with E-state index in [1.54, 1.807) is 13.8 Å². The van der Waals surface area contributed by atoms with Crippen LogP contribution in [0.2, 0.25) is 12.1 Å². The third-order valence-corrected chi connectivity index (χ3v) is 15.4. The molecule has 0 aromatic rings. The minimum absolute atomic E-state index is 0.230. The fourth-order valence-electron chi connectivity index (χ4n) is 2.71. The Bertz CT molecular complexity index is 411. The summed E-state index contributed by atoms with van der Waals surface area (Å²) in [7, 11) is -9.14. The van der Waals surface area contributed by atoms with Gasteiger partial charge in [0, 0.05) is 0 Å². The van der Waals surface area contributed by atoms with Crippen molar-refractivity contribution in [2.45, 2.75) is 63.5 Å². The topological polar surface area (TPSA) is 80.4 Å². The van der Waals surface area contributed by atoms with Gasteiger partial charge in [-0.1, -0.05) is 40.2 Å². The maximum absolute atomic E-state index is 13.3. The van der Waals surface area contributed by atoms with Crippen LogP contribution in [0.25, 0.3) is 0 Å². The van der Waals surface area contributed by atoms with Crippen LogP contribution in [-0.2, 0) is 9.57 Å². The molecule has 0 rings (SSSR count). The van der Waals surface area contributed by atoms with Crippen molar-refractivity contribution in [1.82, 2.24) is 0 Å². The SMILES string of the molecule is CCC(CC)[Si](C)(C(N)(CC)C(F)(F)F)S(=O)(=O)O. The van der Waals surface area contributed by atoms with Gasteiger partial charge >= 0.3 is 6.18 Å². The molecular weight excluding hydrogens is 299 g/mol. The summed E-state index contributed by atoms with van der Waals surface area (Å²) in [5.74, 6) is 0. The highest BCUT2D eigenvalue weighted by Crippen LogP contribution is 2.47. The zero-order chi connectivity index (χ0) is 15.7. The van der Waals surface area contributed by atoms with E-state index in [-0.39, 0.29) is 12.8 Å². The first-order chi connectivity index (χ1) is 8.33. The first-order valence-corrected chi connectivity index (χ1v) is 10.9. The van der Waals surface area contributed by atoms with Gasteiger partial charge in [0.05, 0.1) is 0 Å². The van der Waals surface area contributed by atoms with Crippen molar-refractivity contribution >= 4 is 16.8 Å². The molecule has 116 valence electrons. The predicted octanol–water partition coefficient (Wildman–Crippen LogP) is 2.85. The van der Waals surface area contributed by atoms with Gasteiger partial charge in [-0.2, -0.15) is 13.2 Å². The summed E-state index contributed by atoms with van der Waals surface area (Å²) in [6, 6.07) is 0. The first kappa shape index (κ1) is 18.9. The van der Waals surface area contributed by atoms with Crippen LogP contribution in [0.4, 0.5) is 13.2 Å². The minimum Gasteiger partial charge on any atom is -0.319 e. The van der Waals surface area contributed by atoms with Crippen LogP contribution in [0, 0.1) is 0 Å². The van der Waals surface area contributed by atoms with Crippen LogP contribution < -0.4 is 5.73 Å². The molecule has 0 heterocycles. The van der Waals surface area contributed by atoms with Gasteiger partial charge in [-0.15, -0.1) is 0 Å². The lowest BCUT2D eigenvalue weighted by molar-refractivity contribution is -0.164. The Balaban J connectivity index is 6.31. The molecule has 0 aliphatic carbocycles. The second-order valence-electron chi connectivity index (χ2n) is 4.92. The van der Waals surface area contributed by atoms with Crippen LogP contribution in [0.3, 0.4) is 0 Å². The summed E-state index contributed by atoms with van der Waals surface area (Å²) < 4.78 is 72.7. The van der Waals surface area contributed by atoms with Gasteiger partial charge in [0.15, 0.2) is 0 Å². The number of hydrogen-bond donors (Lipinski definition) is 2. The molecule has 0 aromatic heterocycles. The average molecular weight is 321 g/mol. The van der Waals surface area contributed by atoms with Crippen molar-refractivity contribution in [3.8, 4) is 0 Å². The van der Waals surface area contributed by atoms with Gasteiger partial charge in [0.2, 0.25) is 9.57 Å². The van der Waals surface area contributed by atoms with Crippen molar-refractivity contribution in [3.05, 3.63) is 0 Å². The van der Waals surface area contributed by atoms with E-state index in [1.165, 1.54) is 6.92 Å². The Labute approximate surface area is 113 Å². The fourth-order valence-corrected chi connectivity index (χ4v) is 11.6. The molecule has 0 saturated carbocycles. The fraction of sp³-hybridized carbons (Fsp3) is 1.00. The Morgan fingerprint density at radius 3 is 1.74 bits per heavy atom. The second-order valence-corrected chi connectivity index (χ2v) is 13.9. The monoisotopic (exact) mass is 321 g/mol. The number of halogens is 3. The van der Waals surface area contributed by atoms with Crippen LogP contribution in [0.5, 0.6) is 0 Å². The molecule has 4 nitrogen and oxygen atoms in total. The lowest BCUT2D eigenvalue weighted by atomic mass is 10.2. The molecule has 0 radical (unpaired) electrons. The van der Waals surface area contributed by atoms with Crippen molar-refractivity contribution in [2.75, 3.05) is 0 Å². The molecule has 9 heteroatoms. The van der Waals surface area contributed by atoms with Crippen LogP contribution in [0.15, 0.2) is 0 Å². The average Bonchev–Trinajstić information content (AvgIpc) is 2.25. The largest absolute Gasteiger partial charge is 0.405 e. The summed E-state index contributed by atoms with van der Waals surface area (Å²) >= 11 is 0. The Morgan fingerprint density at radius 2 is 1.58 bits per heavy atom. The third-order valence-electron chi connectivity index (χ3n) is 4.25. The summed E-state index contributed by atoms with van der Waals surface area (Å²) in [4.78, 5) is 0. The van der Waals surface area contributed by atoms with E-state index in [2.05, 4.69) is 0 Å². The molecule has 19 heavy (non-hydrogen) atoms. The van der Waals surface area contributed by atoms with E-state index in [4.69, 9.17) is 5.73 Å². The van der Waals surface area contributed by atoms with Crippen molar-refractivity contribution in [2.24, 2.45) is 5.73 Å². The lowest BCUT2D eigenvalue weighted by Gasteiger charge is -2.45. The number of rotatable bonds is 6. The molecule has 0 spiro atoms. The summed E-state index contributed by atoms with van der Waals surface area (Å²) in [5, 5.41) is -2.86. The Hall–Kier alpha value is -0.123. The summed E-state index contributed by atoms with van der Waals surface area (Å²) in [6.07, 6.45) is -4.99. The van der Waals surface area contributed by atoms with E-state index >= 15 is 0 Å². The van der Waals surface area contributed by atoms with Gasteiger partial charge in [-0.3, -0.25) is 4.55 Å². The highest BCUT2D eigenvalue weighted by atomic mass is 32.4. The molecule has 0 aliphatic rings. The quantitative estimate of drug-likeness (QED) is 0.582. The van der Waals surface area contributed by atoms with Crippen LogP contribution in [0.1, 0.15) is 40.0 Å². The number of nitrogens with two attached hydrogens (primary N) is 1. The zero-order valence-electron chi connectivity index (χ0n) is 11.6. The van der Waals surface area contributed by atoms with Crippen molar-refractivity contribution in [3.63, 3.8) is 0 Å². The minimum atomic E-state index is -4.87. The van der Waals surface area contributed by atoms with E-state index in [9.17, 15) is 26.1 Å². The maximum atomic E-state index is 13.3. The van der Waals surface area contributed by atoms with Crippen molar-refractivity contribution < 1.29 is 26.1 Å². The molecule has 2 atom stereocenters. The van der Waals surface area contributed by atoms with Gasteiger partial charge < -0.3 is 5.73 Å². The summed E-state index contributed by atoms with van der Waals surface area (Å²) in [5.41, 5.74) is 4.73. The molecule has 0 bridgehead atoms. The molecular formula is C10H22F3NO3SSi. The van der Waals surface area contributed by atoms with E-state index in [1.807, 2.05) is 0 Å². The van der Waals surface area contributed by atoms with Gasteiger partial charge in [0.25, 0.3) is 7.22 Å². The smallest absolute Gasteiger partial charge is 0.319 e. The Kier molecular flexibility index (Phi) is 5.67. The molecule has 0 aromatic carbocycles. The van der Waals surface area contributed by atoms with Gasteiger partial charge in [0.1, 0.15) is 5.16 Å². The molecule has 3 N–H and O–H groups in total. The van der Waals surface area contributed by atoms with Crippen LogP contribution in [-0.4, -0.2) is 31.5 Å². The van der Waals surface area contributed by atoms with Gasteiger partial charge in [-0.05, 0) is 12.0 Å². The molecule has 2 unspecified atom stereocenters. The predicted molar refractivity (Wildman–Crippen MR) is 70.8 cm³/mol. The molecule has 0 saturated heterocycles. The third kappa shape index (κ3) is 2.83. The summed E-state index contributed by atoms with van der Waals surface area (Å²) in [6.45, 7) is 5.44. The first-order valence-electron chi connectivity index (χ1n) is 6.16. The Morgan fingerprint density at radius 1 is 1.21 bits per heavy atom. The van der Waals surface area contributed by atoms with Crippen molar-refractivity contribution in [1.29, 1.82) is 0 Å². The maximum Gasteiger partial charge on any atom is 0.405 e. The number of alkyl halides is 3.